The van der Waals surface area contributed by atoms with E-state index in [0.717, 1.165) is 0 Å². The predicted molar refractivity (Wildman–Crippen MR) is 68.4 cm³/mol. The van der Waals surface area contributed by atoms with E-state index in [-0.39, 0.29) is 0 Å². The largest absolute Gasteiger partial charge is 0.317 e. The van der Waals surface area contributed by atoms with Crippen molar-refractivity contribution < 1.29 is 0 Å². The highest BCUT2D eigenvalue weighted by atomic mass is 15.1. The highest BCUT2D eigenvalue weighted by molar-refractivity contribution is 4.72. The predicted octanol–water partition coefficient (Wildman–Crippen LogP) is 1.26. The van der Waals surface area contributed by atoms with Gasteiger partial charge in [0, 0.05) is 12.1 Å². The van der Waals surface area contributed by atoms with Crippen LogP contribution in [-0.4, -0.2) is 63.7 Å². The van der Waals surface area contributed by atoms with Crippen LogP contribution in [0.4, 0.5) is 0 Å². The van der Waals surface area contributed by atoms with Crippen LogP contribution in [0.1, 0.15) is 26.2 Å². The fraction of sp³-hybridized carbons (Fsp3) is 1.00. The van der Waals surface area contributed by atoms with E-state index in [1.165, 1.54) is 25.8 Å². The highest BCUT2D eigenvalue weighted by Crippen LogP contribution is 2.10. The van der Waals surface area contributed by atoms with Crippen molar-refractivity contribution in [2.24, 2.45) is 0 Å². The van der Waals surface area contributed by atoms with Gasteiger partial charge in [0.1, 0.15) is 0 Å². The minimum atomic E-state index is 0.608. The lowest BCUT2D eigenvalue weighted by atomic mass is 10.0. The molecule has 0 spiro atoms. The molecule has 2 unspecified atom stereocenters. The molecule has 0 aromatic carbocycles. The van der Waals surface area contributed by atoms with Gasteiger partial charge in [-0.1, -0.05) is 0 Å². The Labute approximate surface area is 95.8 Å². The molecule has 0 saturated carbocycles. The van der Waals surface area contributed by atoms with Crippen LogP contribution < -0.4 is 5.32 Å². The molecule has 0 bridgehead atoms. The Bertz CT molecular complexity index is 146. The summed E-state index contributed by atoms with van der Waals surface area (Å²) in [4.78, 5) is 4.61. The smallest absolute Gasteiger partial charge is 0.0104 e. The summed E-state index contributed by atoms with van der Waals surface area (Å²) < 4.78 is 0. The van der Waals surface area contributed by atoms with E-state index >= 15 is 0 Å². The van der Waals surface area contributed by atoms with Crippen LogP contribution in [0.3, 0.4) is 0 Å². The van der Waals surface area contributed by atoms with Crippen LogP contribution in [-0.2, 0) is 0 Å². The normalized spacial score (nSPS) is 16.0. The molecule has 0 amide bonds. The topological polar surface area (TPSA) is 18.5 Å². The zero-order valence-corrected chi connectivity index (χ0v) is 11.4. The molecule has 0 fully saturated rings. The van der Waals surface area contributed by atoms with Crippen LogP contribution in [0.25, 0.3) is 0 Å². The van der Waals surface area contributed by atoms with Crippen LogP contribution in [0.15, 0.2) is 0 Å². The fourth-order valence-corrected chi connectivity index (χ4v) is 1.76. The first-order valence-electron chi connectivity index (χ1n) is 5.95. The number of nitrogens with one attached hydrogen (secondary N) is 1. The first kappa shape index (κ1) is 14.9. The summed E-state index contributed by atoms with van der Waals surface area (Å²) in [7, 11) is 10.7. The van der Waals surface area contributed by atoms with E-state index in [2.05, 4.69) is 50.2 Å². The summed E-state index contributed by atoms with van der Waals surface area (Å²) in [5.74, 6) is 0. The molecule has 0 aliphatic heterocycles. The SMILES string of the molecule is CNC(C)CC(CCCN(C)C)N(C)C. The average molecular weight is 215 g/mol. The zero-order chi connectivity index (χ0) is 11.8. The van der Waals surface area contributed by atoms with Gasteiger partial charge in [-0.05, 0) is 68.0 Å². The van der Waals surface area contributed by atoms with Crippen molar-refractivity contribution in [1.82, 2.24) is 15.1 Å². The number of hydrogen-bond acceptors (Lipinski definition) is 3. The van der Waals surface area contributed by atoms with Crippen LogP contribution >= 0.6 is 0 Å². The molecule has 0 aromatic rings. The minimum Gasteiger partial charge on any atom is -0.317 e. The number of nitrogens with zero attached hydrogens (tertiary/aromatic N) is 2. The zero-order valence-electron chi connectivity index (χ0n) is 11.4. The Balaban J connectivity index is 3.83. The maximum atomic E-state index is 3.31. The van der Waals surface area contributed by atoms with Crippen molar-refractivity contribution in [2.75, 3.05) is 41.8 Å². The van der Waals surface area contributed by atoms with Crippen LogP contribution in [0.5, 0.6) is 0 Å². The summed E-state index contributed by atoms with van der Waals surface area (Å²) >= 11 is 0. The van der Waals surface area contributed by atoms with Crippen LogP contribution in [0.2, 0.25) is 0 Å². The third-order valence-electron chi connectivity index (χ3n) is 2.99. The van der Waals surface area contributed by atoms with Crippen molar-refractivity contribution in [2.45, 2.75) is 38.3 Å². The lowest BCUT2D eigenvalue weighted by molar-refractivity contribution is 0.234. The summed E-state index contributed by atoms with van der Waals surface area (Å²) in [6.45, 7) is 3.45. The number of rotatable bonds is 8. The Morgan fingerprint density at radius 1 is 1.13 bits per heavy atom. The first-order chi connectivity index (χ1) is 6.97. The molecule has 0 saturated heterocycles. The molecule has 2 atom stereocenters. The Kier molecular flexibility index (Phi) is 8.02. The molecule has 3 heteroatoms. The van der Waals surface area contributed by atoms with Crippen molar-refractivity contribution in [3.63, 3.8) is 0 Å². The lowest BCUT2D eigenvalue weighted by Crippen LogP contribution is -2.35. The van der Waals surface area contributed by atoms with Gasteiger partial charge in [0.25, 0.3) is 0 Å². The highest BCUT2D eigenvalue weighted by Gasteiger charge is 2.13. The van der Waals surface area contributed by atoms with E-state index in [9.17, 15) is 0 Å². The standard InChI is InChI=1S/C12H29N3/c1-11(13-2)10-12(15(5)6)8-7-9-14(3)4/h11-13H,7-10H2,1-6H3. The molecule has 15 heavy (non-hydrogen) atoms. The Morgan fingerprint density at radius 2 is 1.73 bits per heavy atom. The van der Waals surface area contributed by atoms with Gasteiger partial charge in [0.15, 0.2) is 0 Å². The van der Waals surface area contributed by atoms with E-state index in [4.69, 9.17) is 0 Å². The summed E-state index contributed by atoms with van der Waals surface area (Å²) in [6.07, 6.45) is 3.81. The van der Waals surface area contributed by atoms with Gasteiger partial charge in [-0.15, -0.1) is 0 Å². The molecule has 0 heterocycles. The van der Waals surface area contributed by atoms with Crippen molar-refractivity contribution >= 4 is 0 Å². The van der Waals surface area contributed by atoms with Gasteiger partial charge in [0.05, 0.1) is 0 Å². The molecule has 3 nitrogen and oxygen atoms in total. The number of hydrogen-bond donors (Lipinski definition) is 1. The molecule has 92 valence electrons. The Morgan fingerprint density at radius 3 is 2.13 bits per heavy atom. The third-order valence-corrected chi connectivity index (χ3v) is 2.99. The molecular formula is C12H29N3. The molecule has 0 rings (SSSR count). The monoisotopic (exact) mass is 215 g/mol. The maximum absolute atomic E-state index is 3.31. The second-order valence-corrected chi connectivity index (χ2v) is 4.99. The van der Waals surface area contributed by atoms with Gasteiger partial charge in [-0.3, -0.25) is 0 Å². The van der Waals surface area contributed by atoms with Gasteiger partial charge >= 0.3 is 0 Å². The lowest BCUT2D eigenvalue weighted by Gasteiger charge is -2.27. The van der Waals surface area contributed by atoms with E-state index in [0.29, 0.717) is 12.1 Å². The molecule has 0 aromatic heterocycles. The van der Waals surface area contributed by atoms with Gasteiger partial charge in [-0.2, -0.15) is 0 Å². The Hall–Kier alpha value is -0.120. The maximum Gasteiger partial charge on any atom is 0.0104 e. The molecule has 0 radical (unpaired) electrons. The second-order valence-electron chi connectivity index (χ2n) is 4.99. The average Bonchev–Trinajstić information content (AvgIpc) is 2.15. The van der Waals surface area contributed by atoms with Gasteiger partial charge in [0.2, 0.25) is 0 Å². The summed E-state index contributed by atoms with van der Waals surface area (Å²) in [5, 5.41) is 3.31. The first-order valence-corrected chi connectivity index (χ1v) is 5.95. The summed E-state index contributed by atoms with van der Waals surface area (Å²) in [5.41, 5.74) is 0. The second kappa shape index (κ2) is 8.08. The van der Waals surface area contributed by atoms with Crippen molar-refractivity contribution in [3.05, 3.63) is 0 Å². The van der Waals surface area contributed by atoms with E-state index in [1.807, 2.05) is 7.05 Å². The molecular weight excluding hydrogens is 186 g/mol. The third kappa shape index (κ3) is 7.77. The van der Waals surface area contributed by atoms with E-state index in [1.54, 1.807) is 0 Å². The van der Waals surface area contributed by atoms with Crippen molar-refractivity contribution in [3.8, 4) is 0 Å². The van der Waals surface area contributed by atoms with Crippen molar-refractivity contribution in [1.29, 1.82) is 0 Å². The molecule has 0 aliphatic rings. The fourth-order valence-electron chi connectivity index (χ4n) is 1.76. The summed E-state index contributed by atoms with van der Waals surface area (Å²) in [6, 6.07) is 1.31. The van der Waals surface area contributed by atoms with Crippen LogP contribution in [0, 0.1) is 0 Å². The minimum absolute atomic E-state index is 0.608. The van der Waals surface area contributed by atoms with Gasteiger partial charge < -0.3 is 15.1 Å². The molecule has 0 aliphatic carbocycles. The van der Waals surface area contributed by atoms with Gasteiger partial charge in [-0.25, -0.2) is 0 Å². The molecule has 1 N–H and O–H groups in total. The van der Waals surface area contributed by atoms with E-state index < -0.39 is 0 Å². The quantitative estimate of drug-likeness (QED) is 0.657.